The predicted molar refractivity (Wildman–Crippen MR) is 72.2 cm³/mol. The number of hydrogen-bond donors (Lipinski definition) is 1. The van der Waals surface area contributed by atoms with Crippen LogP contribution >= 0.6 is 0 Å². The van der Waals surface area contributed by atoms with E-state index in [-0.39, 0.29) is 11.9 Å². The molecule has 2 atom stereocenters. The van der Waals surface area contributed by atoms with Crippen molar-refractivity contribution in [2.75, 3.05) is 13.1 Å². The number of carbonyl (C=O) groups excluding carboxylic acids is 1. The Labute approximate surface area is 115 Å². The van der Waals surface area contributed by atoms with E-state index in [9.17, 15) is 10.1 Å². The van der Waals surface area contributed by atoms with Gasteiger partial charge in [-0.05, 0) is 51.0 Å². The fourth-order valence-electron chi connectivity index (χ4n) is 4.14. The number of nitriles is 1. The zero-order valence-corrected chi connectivity index (χ0v) is 11.7. The van der Waals surface area contributed by atoms with E-state index in [0.717, 1.165) is 32.2 Å². The minimum absolute atomic E-state index is 0.00968. The quantitative estimate of drug-likeness (QED) is 0.822. The maximum Gasteiger partial charge on any atom is 0.240 e. The van der Waals surface area contributed by atoms with Crippen LogP contribution in [0.25, 0.3) is 0 Å². The van der Waals surface area contributed by atoms with E-state index in [4.69, 9.17) is 0 Å². The van der Waals surface area contributed by atoms with Gasteiger partial charge in [0.2, 0.25) is 5.91 Å². The van der Waals surface area contributed by atoms with Gasteiger partial charge in [-0.15, -0.1) is 0 Å². The van der Waals surface area contributed by atoms with Crippen molar-refractivity contribution < 1.29 is 4.79 Å². The maximum absolute atomic E-state index is 12.3. The highest BCUT2D eigenvalue weighted by Crippen LogP contribution is 2.45. The van der Waals surface area contributed by atoms with Crippen molar-refractivity contribution in [3.05, 3.63) is 0 Å². The van der Waals surface area contributed by atoms with Gasteiger partial charge in [0.15, 0.2) is 0 Å². The van der Waals surface area contributed by atoms with Crippen LogP contribution in [0.3, 0.4) is 0 Å². The molecule has 0 aromatic carbocycles. The summed E-state index contributed by atoms with van der Waals surface area (Å²) in [5.74, 6) is 0.506. The highest BCUT2D eigenvalue weighted by atomic mass is 16.2. The van der Waals surface area contributed by atoms with Crippen molar-refractivity contribution in [2.45, 2.75) is 57.5 Å². The van der Waals surface area contributed by atoms with Gasteiger partial charge in [0.1, 0.15) is 5.41 Å². The van der Waals surface area contributed by atoms with Gasteiger partial charge < -0.3 is 10.2 Å². The number of nitrogens with one attached hydrogen (secondary N) is 1. The molecule has 2 saturated heterocycles. The van der Waals surface area contributed by atoms with E-state index < -0.39 is 5.41 Å². The van der Waals surface area contributed by atoms with E-state index in [0.29, 0.717) is 12.0 Å². The van der Waals surface area contributed by atoms with Crippen LogP contribution < -0.4 is 5.32 Å². The number of amides is 1. The van der Waals surface area contributed by atoms with Crippen LogP contribution in [0.4, 0.5) is 0 Å². The van der Waals surface area contributed by atoms with Gasteiger partial charge in [0.25, 0.3) is 0 Å². The summed E-state index contributed by atoms with van der Waals surface area (Å²) in [5, 5.41) is 12.4. The van der Waals surface area contributed by atoms with Crippen molar-refractivity contribution in [1.82, 2.24) is 10.2 Å². The van der Waals surface area contributed by atoms with Crippen molar-refractivity contribution in [2.24, 2.45) is 11.3 Å². The summed E-state index contributed by atoms with van der Waals surface area (Å²) in [6, 6.07) is 3.21. The van der Waals surface area contributed by atoms with E-state index in [1.54, 1.807) is 0 Å². The predicted octanol–water partition coefficient (Wildman–Crippen LogP) is 1.67. The standard InChI is InChI=1S/C15H23N3O/c1-11-8-15(9-11,10-16)14(19)17-12-4-6-18-5-2-3-13(18)7-12/h11-13H,2-9H2,1H3,(H,17,19). The van der Waals surface area contributed by atoms with E-state index in [1.165, 1.54) is 19.4 Å². The monoisotopic (exact) mass is 261 g/mol. The topological polar surface area (TPSA) is 56.1 Å². The van der Waals surface area contributed by atoms with Crippen LogP contribution in [0.2, 0.25) is 0 Å². The lowest BCUT2D eigenvalue weighted by Crippen LogP contribution is -2.54. The molecule has 19 heavy (non-hydrogen) atoms. The van der Waals surface area contributed by atoms with Crippen LogP contribution in [0.5, 0.6) is 0 Å². The first-order chi connectivity index (χ1) is 9.13. The van der Waals surface area contributed by atoms with Crippen LogP contribution in [-0.4, -0.2) is 36.0 Å². The normalized spacial score (nSPS) is 42.0. The van der Waals surface area contributed by atoms with Crippen LogP contribution in [-0.2, 0) is 4.79 Å². The third kappa shape index (κ3) is 2.25. The minimum Gasteiger partial charge on any atom is -0.352 e. The van der Waals surface area contributed by atoms with Crippen LogP contribution in [0, 0.1) is 22.7 Å². The molecule has 0 bridgehead atoms. The summed E-state index contributed by atoms with van der Waals surface area (Å²) >= 11 is 0. The van der Waals surface area contributed by atoms with Crippen LogP contribution in [0.15, 0.2) is 0 Å². The molecule has 1 N–H and O–H groups in total. The fraction of sp³-hybridized carbons (Fsp3) is 0.867. The van der Waals surface area contributed by atoms with E-state index >= 15 is 0 Å². The van der Waals surface area contributed by atoms with Gasteiger partial charge in [-0.1, -0.05) is 6.92 Å². The highest BCUT2D eigenvalue weighted by Gasteiger charge is 2.49. The Morgan fingerprint density at radius 2 is 2.16 bits per heavy atom. The SMILES string of the molecule is CC1CC(C#N)(C(=O)NC2CCN3CCCC3C2)C1. The van der Waals surface area contributed by atoms with Gasteiger partial charge in [-0.25, -0.2) is 0 Å². The molecule has 104 valence electrons. The molecule has 0 aromatic rings. The molecule has 1 saturated carbocycles. The summed E-state index contributed by atoms with van der Waals surface area (Å²) in [5.41, 5.74) is -0.716. The second kappa shape index (κ2) is 4.79. The Morgan fingerprint density at radius 3 is 2.84 bits per heavy atom. The second-order valence-electron chi connectivity index (χ2n) is 6.73. The number of piperidine rings is 1. The van der Waals surface area contributed by atoms with Crippen molar-refractivity contribution in [1.29, 1.82) is 5.26 Å². The van der Waals surface area contributed by atoms with Crippen molar-refractivity contribution >= 4 is 5.91 Å². The maximum atomic E-state index is 12.3. The highest BCUT2D eigenvalue weighted by molar-refractivity contribution is 5.86. The average Bonchev–Trinajstić information content (AvgIpc) is 2.81. The largest absolute Gasteiger partial charge is 0.352 e. The zero-order valence-electron chi connectivity index (χ0n) is 11.7. The number of nitrogens with zero attached hydrogens (tertiary/aromatic N) is 2. The van der Waals surface area contributed by atoms with Gasteiger partial charge in [-0.2, -0.15) is 5.26 Å². The molecule has 0 radical (unpaired) electrons. The molecule has 0 spiro atoms. The molecule has 2 heterocycles. The third-order valence-corrected chi connectivity index (χ3v) is 5.20. The molecular formula is C15H23N3O. The minimum atomic E-state index is -0.716. The average molecular weight is 261 g/mol. The Balaban J connectivity index is 1.57. The summed E-state index contributed by atoms with van der Waals surface area (Å²) < 4.78 is 0. The number of carbonyl (C=O) groups is 1. The summed E-state index contributed by atoms with van der Waals surface area (Å²) in [7, 11) is 0. The molecule has 1 amide bonds. The second-order valence-corrected chi connectivity index (χ2v) is 6.73. The molecule has 2 unspecified atom stereocenters. The number of hydrogen-bond acceptors (Lipinski definition) is 3. The molecule has 2 aliphatic heterocycles. The first kappa shape index (κ1) is 12.9. The Morgan fingerprint density at radius 1 is 1.37 bits per heavy atom. The lowest BCUT2D eigenvalue weighted by Gasteiger charge is -2.41. The first-order valence-corrected chi connectivity index (χ1v) is 7.59. The van der Waals surface area contributed by atoms with Crippen LogP contribution in [0.1, 0.15) is 45.4 Å². The summed E-state index contributed by atoms with van der Waals surface area (Å²) in [6.07, 6.45) is 6.15. The third-order valence-electron chi connectivity index (χ3n) is 5.20. The molecule has 1 aliphatic carbocycles. The van der Waals surface area contributed by atoms with Crippen molar-refractivity contribution in [3.8, 4) is 6.07 Å². The van der Waals surface area contributed by atoms with Gasteiger partial charge in [-0.3, -0.25) is 4.79 Å². The van der Waals surface area contributed by atoms with E-state index in [2.05, 4.69) is 23.2 Å². The molecule has 3 rings (SSSR count). The Bertz CT molecular complexity index is 408. The van der Waals surface area contributed by atoms with E-state index in [1.807, 2.05) is 0 Å². The molecule has 4 heteroatoms. The summed E-state index contributed by atoms with van der Waals surface area (Å²) in [4.78, 5) is 14.9. The van der Waals surface area contributed by atoms with Gasteiger partial charge >= 0.3 is 0 Å². The van der Waals surface area contributed by atoms with Gasteiger partial charge in [0.05, 0.1) is 6.07 Å². The zero-order chi connectivity index (χ0) is 13.5. The number of fused-ring (bicyclic) bond motifs is 1. The molecule has 3 fully saturated rings. The Hall–Kier alpha value is -1.08. The summed E-state index contributed by atoms with van der Waals surface area (Å²) in [6.45, 7) is 4.44. The Kier molecular flexibility index (Phi) is 3.26. The molecular weight excluding hydrogens is 238 g/mol. The lowest BCUT2D eigenvalue weighted by molar-refractivity contribution is -0.135. The fourth-order valence-corrected chi connectivity index (χ4v) is 4.14. The van der Waals surface area contributed by atoms with Gasteiger partial charge in [0, 0.05) is 18.6 Å². The molecule has 0 aromatic heterocycles. The lowest BCUT2D eigenvalue weighted by atomic mass is 9.63. The number of rotatable bonds is 2. The van der Waals surface area contributed by atoms with Crippen molar-refractivity contribution in [3.63, 3.8) is 0 Å². The molecule has 4 nitrogen and oxygen atoms in total. The smallest absolute Gasteiger partial charge is 0.240 e. The first-order valence-electron chi connectivity index (χ1n) is 7.59. The molecule has 3 aliphatic rings.